The first-order valence-electron chi connectivity index (χ1n) is 5.78. The van der Waals surface area contributed by atoms with Crippen molar-refractivity contribution in [3.8, 4) is 0 Å². The van der Waals surface area contributed by atoms with Gasteiger partial charge < -0.3 is 5.32 Å². The fourth-order valence-electron chi connectivity index (χ4n) is 1.79. The molecule has 1 aromatic carbocycles. The minimum absolute atomic E-state index is 0.164. The predicted octanol–water partition coefficient (Wildman–Crippen LogP) is 3.75. The lowest BCUT2D eigenvalue weighted by molar-refractivity contribution is 0.531. The van der Waals surface area contributed by atoms with Crippen molar-refractivity contribution in [3.05, 3.63) is 47.8 Å². The molecule has 0 aliphatic carbocycles. The van der Waals surface area contributed by atoms with Gasteiger partial charge in [0, 0.05) is 6.04 Å². The van der Waals surface area contributed by atoms with Gasteiger partial charge in [-0.2, -0.15) is 0 Å². The van der Waals surface area contributed by atoms with Crippen LogP contribution in [0.1, 0.15) is 36.9 Å². The molecule has 1 aromatic rings. The second kappa shape index (κ2) is 6.44. The standard InChI is InChI=1S/C14H20FN/c1-4-6-14(16-7-5-2)12-8-11(3)9-13(15)10-12/h4,8-10,14,16H,1,5-7H2,2-3H3. The van der Waals surface area contributed by atoms with Crippen LogP contribution in [0.4, 0.5) is 4.39 Å². The van der Waals surface area contributed by atoms with Crippen molar-refractivity contribution in [2.24, 2.45) is 0 Å². The molecule has 1 N–H and O–H groups in total. The lowest BCUT2D eigenvalue weighted by atomic mass is 10.0. The first kappa shape index (κ1) is 12.9. The Labute approximate surface area is 97.4 Å². The fraction of sp³-hybridized carbons (Fsp3) is 0.429. The van der Waals surface area contributed by atoms with Crippen LogP contribution < -0.4 is 5.32 Å². The van der Waals surface area contributed by atoms with Crippen LogP contribution in [0.3, 0.4) is 0 Å². The molecule has 1 atom stereocenters. The van der Waals surface area contributed by atoms with E-state index in [1.807, 2.05) is 19.1 Å². The van der Waals surface area contributed by atoms with Gasteiger partial charge in [0.1, 0.15) is 5.82 Å². The Hall–Kier alpha value is -1.15. The third-order valence-corrected chi connectivity index (χ3v) is 2.51. The molecule has 0 amide bonds. The average molecular weight is 221 g/mol. The van der Waals surface area contributed by atoms with E-state index in [1.165, 1.54) is 0 Å². The summed E-state index contributed by atoms with van der Waals surface area (Å²) < 4.78 is 13.3. The van der Waals surface area contributed by atoms with E-state index >= 15 is 0 Å². The summed E-state index contributed by atoms with van der Waals surface area (Å²) in [7, 11) is 0. The summed E-state index contributed by atoms with van der Waals surface area (Å²) in [4.78, 5) is 0. The third kappa shape index (κ3) is 3.78. The summed E-state index contributed by atoms with van der Waals surface area (Å²) in [6, 6.07) is 5.35. The third-order valence-electron chi connectivity index (χ3n) is 2.51. The second-order valence-electron chi connectivity index (χ2n) is 4.09. The van der Waals surface area contributed by atoms with E-state index in [2.05, 4.69) is 18.8 Å². The number of rotatable bonds is 6. The number of aryl methyl sites for hydroxylation is 1. The molecular weight excluding hydrogens is 201 g/mol. The van der Waals surface area contributed by atoms with Gasteiger partial charge in [-0.15, -0.1) is 6.58 Å². The van der Waals surface area contributed by atoms with Crippen molar-refractivity contribution in [2.45, 2.75) is 32.7 Å². The molecule has 1 unspecified atom stereocenters. The van der Waals surface area contributed by atoms with Gasteiger partial charge >= 0.3 is 0 Å². The maximum Gasteiger partial charge on any atom is 0.123 e. The van der Waals surface area contributed by atoms with Crippen molar-refractivity contribution < 1.29 is 4.39 Å². The second-order valence-corrected chi connectivity index (χ2v) is 4.09. The normalized spacial score (nSPS) is 12.4. The molecule has 0 aromatic heterocycles. The zero-order valence-corrected chi connectivity index (χ0v) is 10.1. The molecule has 0 fully saturated rings. The topological polar surface area (TPSA) is 12.0 Å². The molecule has 1 rings (SSSR count). The van der Waals surface area contributed by atoms with Gasteiger partial charge in [0.05, 0.1) is 0 Å². The molecule has 2 heteroatoms. The number of nitrogens with one attached hydrogen (secondary N) is 1. The Kier molecular flexibility index (Phi) is 5.20. The molecule has 88 valence electrons. The van der Waals surface area contributed by atoms with E-state index < -0.39 is 0 Å². The van der Waals surface area contributed by atoms with Crippen molar-refractivity contribution in [3.63, 3.8) is 0 Å². The minimum atomic E-state index is -0.164. The molecule has 0 saturated heterocycles. The minimum Gasteiger partial charge on any atom is -0.310 e. The molecule has 0 bridgehead atoms. The number of benzene rings is 1. The molecule has 0 radical (unpaired) electrons. The SMILES string of the molecule is C=CCC(NCCC)c1cc(C)cc(F)c1. The molecule has 0 aliphatic rings. The summed E-state index contributed by atoms with van der Waals surface area (Å²) >= 11 is 0. The van der Waals surface area contributed by atoms with Gasteiger partial charge in [-0.1, -0.05) is 19.1 Å². The van der Waals surface area contributed by atoms with Crippen molar-refractivity contribution >= 4 is 0 Å². The summed E-state index contributed by atoms with van der Waals surface area (Å²) in [5, 5.41) is 3.40. The quantitative estimate of drug-likeness (QED) is 0.721. The van der Waals surface area contributed by atoms with E-state index in [9.17, 15) is 4.39 Å². The smallest absolute Gasteiger partial charge is 0.123 e. The highest BCUT2D eigenvalue weighted by atomic mass is 19.1. The Bertz CT molecular complexity index is 326. The zero-order chi connectivity index (χ0) is 12.0. The van der Waals surface area contributed by atoms with E-state index in [0.717, 1.165) is 30.5 Å². The molecule has 0 saturated carbocycles. The molecular formula is C14H20FN. The Morgan fingerprint density at radius 2 is 2.19 bits per heavy atom. The highest BCUT2D eigenvalue weighted by Crippen LogP contribution is 2.20. The molecule has 16 heavy (non-hydrogen) atoms. The van der Waals surface area contributed by atoms with Crippen LogP contribution in [0.25, 0.3) is 0 Å². The van der Waals surface area contributed by atoms with Crippen LogP contribution in [0.2, 0.25) is 0 Å². The van der Waals surface area contributed by atoms with Gasteiger partial charge in [0.25, 0.3) is 0 Å². The van der Waals surface area contributed by atoms with E-state index in [1.54, 1.807) is 12.1 Å². The van der Waals surface area contributed by atoms with Gasteiger partial charge in [0.2, 0.25) is 0 Å². The lowest BCUT2D eigenvalue weighted by Crippen LogP contribution is -2.21. The molecule has 0 spiro atoms. The van der Waals surface area contributed by atoms with E-state index in [0.29, 0.717) is 0 Å². The Morgan fingerprint density at radius 3 is 2.75 bits per heavy atom. The van der Waals surface area contributed by atoms with Crippen molar-refractivity contribution in [2.75, 3.05) is 6.54 Å². The van der Waals surface area contributed by atoms with E-state index in [-0.39, 0.29) is 11.9 Å². The maximum atomic E-state index is 13.3. The van der Waals surface area contributed by atoms with Crippen LogP contribution in [-0.4, -0.2) is 6.54 Å². The summed E-state index contributed by atoms with van der Waals surface area (Å²) in [6.07, 6.45) is 3.76. The highest BCUT2D eigenvalue weighted by molar-refractivity contribution is 5.26. The van der Waals surface area contributed by atoms with Crippen LogP contribution in [0.15, 0.2) is 30.9 Å². The monoisotopic (exact) mass is 221 g/mol. The first-order chi connectivity index (χ1) is 7.67. The summed E-state index contributed by atoms with van der Waals surface area (Å²) in [5.41, 5.74) is 1.97. The van der Waals surface area contributed by atoms with Crippen molar-refractivity contribution in [1.82, 2.24) is 5.32 Å². The largest absolute Gasteiger partial charge is 0.310 e. The van der Waals surface area contributed by atoms with Crippen LogP contribution in [-0.2, 0) is 0 Å². The van der Waals surface area contributed by atoms with Crippen LogP contribution in [0, 0.1) is 12.7 Å². The van der Waals surface area contributed by atoms with Crippen LogP contribution in [0.5, 0.6) is 0 Å². The van der Waals surface area contributed by atoms with Crippen molar-refractivity contribution in [1.29, 1.82) is 0 Å². The van der Waals surface area contributed by atoms with Gasteiger partial charge in [0.15, 0.2) is 0 Å². The summed E-state index contributed by atoms with van der Waals surface area (Å²) in [6.45, 7) is 8.72. The van der Waals surface area contributed by atoms with Crippen LogP contribution >= 0.6 is 0 Å². The Balaban J connectivity index is 2.86. The number of hydrogen-bond acceptors (Lipinski definition) is 1. The molecule has 0 heterocycles. The maximum absolute atomic E-state index is 13.3. The lowest BCUT2D eigenvalue weighted by Gasteiger charge is -2.18. The van der Waals surface area contributed by atoms with Gasteiger partial charge in [-0.05, 0) is 49.6 Å². The summed E-state index contributed by atoms with van der Waals surface area (Å²) in [5.74, 6) is -0.164. The zero-order valence-electron chi connectivity index (χ0n) is 10.1. The fourth-order valence-corrected chi connectivity index (χ4v) is 1.79. The van der Waals surface area contributed by atoms with E-state index in [4.69, 9.17) is 0 Å². The highest BCUT2D eigenvalue weighted by Gasteiger charge is 2.10. The number of hydrogen-bond donors (Lipinski definition) is 1. The Morgan fingerprint density at radius 1 is 1.44 bits per heavy atom. The molecule has 1 nitrogen and oxygen atoms in total. The predicted molar refractivity (Wildman–Crippen MR) is 67.0 cm³/mol. The first-order valence-corrected chi connectivity index (χ1v) is 5.78. The molecule has 0 aliphatic heterocycles. The van der Waals surface area contributed by atoms with Gasteiger partial charge in [-0.25, -0.2) is 4.39 Å². The van der Waals surface area contributed by atoms with Gasteiger partial charge in [-0.3, -0.25) is 0 Å². The average Bonchev–Trinajstić information content (AvgIpc) is 2.22. The number of halogens is 1.